The van der Waals surface area contributed by atoms with E-state index in [0.717, 1.165) is 10.1 Å². The summed E-state index contributed by atoms with van der Waals surface area (Å²) in [6.45, 7) is 0. The van der Waals surface area contributed by atoms with Gasteiger partial charge in [-0.05, 0) is 40.1 Å². The van der Waals surface area contributed by atoms with Crippen molar-refractivity contribution in [2.24, 2.45) is 0 Å². The SMILES string of the molecule is Brc1ccc(-c2cccc3c2ccc2o[siH][siH]c23)cc1. The summed E-state index contributed by atoms with van der Waals surface area (Å²) < 4.78 is 6.90. The minimum atomic E-state index is 0.173. The van der Waals surface area contributed by atoms with Gasteiger partial charge >= 0.3 is 0 Å². The minimum absolute atomic E-state index is 0.173. The first-order valence-electron chi connectivity index (χ1n) is 6.48. The van der Waals surface area contributed by atoms with E-state index in [0.29, 0.717) is 8.62 Å². The molecule has 0 saturated heterocycles. The molecule has 0 radical (unpaired) electrons. The van der Waals surface area contributed by atoms with E-state index >= 15 is 0 Å². The van der Waals surface area contributed by atoms with Crippen LogP contribution in [0.2, 0.25) is 0 Å². The average Bonchev–Trinajstić information content (AvgIpc) is 2.96. The van der Waals surface area contributed by atoms with Crippen LogP contribution >= 0.6 is 15.9 Å². The first-order valence-corrected chi connectivity index (χ1v) is 11.0. The van der Waals surface area contributed by atoms with Crippen LogP contribution in [0.1, 0.15) is 0 Å². The van der Waals surface area contributed by atoms with E-state index in [4.69, 9.17) is 4.10 Å². The highest BCUT2D eigenvalue weighted by Gasteiger charge is 2.07. The zero-order valence-corrected chi connectivity index (χ0v) is 14.5. The van der Waals surface area contributed by atoms with Gasteiger partial charge in [-0.15, -0.1) is 0 Å². The summed E-state index contributed by atoms with van der Waals surface area (Å²) in [6.07, 6.45) is 0. The fourth-order valence-corrected chi connectivity index (χ4v) is 6.49. The number of benzene rings is 3. The van der Waals surface area contributed by atoms with Crippen molar-refractivity contribution >= 4 is 54.8 Å². The Bertz CT molecular complexity index is 913. The maximum Gasteiger partial charge on any atom is 0.195 e. The largest absolute Gasteiger partial charge is 0.525 e. The van der Waals surface area contributed by atoms with E-state index in [1.165, 1.54) is 26.9 Å². The van der Waals surface area contributed by atoms with Gasteiger partial charge in [0.25, 0.3) is 0 Å². The minimum Gasteiger partial charge on any atom is -0.525 e. The van der Waals surface area contributed by atoms with Gasteiger partial charge in [-0.3, -0.25) is 0 Å². The van der Waals surface area contributed by atoms with Crippen LogP contribution in [0.25, 0.3) is 32.5 Å². The van der Waals surface area contributed by atoms with Crippen LogP contribution in [-0.2, 0) is 0 Å². The van der Waals surface area contributed by atoms with Crippen LogP contribution in [0, 0.1) is 0 Å². The van der Waals surface area contributed by atoms with Gasteiger partial charge < -0.3 is 4.10 Å². The normalized spacial score (nSPS) is 11.2. The predicted molar refractivity (Wildman–Crippen MR) is 92.3 cm³/mol. The van der Waals surface area contributed by atoms with Crippen LogP contribution in [0.5, 0.6) is 0 Å². The maximum atomic E-state index is 5.78. The molecule has 4 heteroatoms. The topological polar surface area (TPSA) is 13.1 Å². The fourth-order valence-electron chi connectivity index (χ4n) is 2.69. The van der Waals surface area contributed by atoms with Gasteiger partial charge in [0.15, 0.2) is 8.88 Å². The van der Waals surface area contributed by atoms with E-state index < -0.39 is 0 Å². The Balaban J connectivity index is 2.06. The lowest BCUT2D eigenvalue weighted by Gasteiger charge is -2.08. The molecule has 0 aliphatic heterocycles. The monoisotopic (exact) mass is 354 g/mol. The van der Waals surface area contributed by atoms with Gasteiger partial charge in [-0.2, -0.15) is 0 Å². The second-order valence-corrected chi connectivity index (χ2v) is 8.96. The van der Waals surface area contributed by atoms with Crippen LogP contribution in [0.15, 0.2) is 63.2 Å². The van der Waals surface area contributed by atoms with Crippen molar-refractivity contribution in [3.05, 3.63) is 59.1 Å². The molecule has 3 aromatic carbocycles. The van der Waals surface area contributed by atoms with Crippen molar-refractivity contribution in [2.75, 3.05) is 0 Å². The summed E-state index contributed by atoms with van der Waals surface area (Å²) >= 11 is 3.50. The molecule has 0 bridgehead atoms. The van der Waals surface area contributed by atoms with Gasteiger partial charge in [0.05, 0.1) is 8.62 Å². The zero-order valence-electron chi connectivity index (χ0n) is 10.6. The van der Waals surface area contributed by atoms with E-state index in [1.807, 2.05) is 0 Å². The lowest BCUT2D eigenvalue weighted by atomic mass is 9.98. The summed E-state index contributed by atoms with van der Waals surface area (Å²) in [5, 5.41) is 2.72. The summed E-state index contributed by atoms with van der Waals surface area (Å²) in [4.78, 5) is 1.47. The van der Waals surface area contributed by atoms with E-state index in [2.05, 4.69) is 70.5 Å². The molecule has 0 fully saturated rings. The Labute approximate surface area is 129 Å². The Hall–Kier alpha value is -1.37. The maximum absolute atomic E-state index is 5.78. The number of hydrogen-bond donors (Lipinski definition) is 0. The van der Waals surface area contributed by atoms with Crippen molar-refractivity contribution < 1.29 is 4.10 Å². The van der Waals surface area contributed by atoms with Crippen LogP contribution in [0.4, 0.5) is 0 Å². The molecule has 1 nitrogen and oxygen atoms in total. The number of hydrogen-bond acceptors (Lipinski definition) is 1. The first-order chi connectivity index (χ1) is 9.83. The van der Waals surface area contributed by atoms with Crippen molar-refractivity contribution in [3.63, 3.8) is 0 Å². The first kappa shape index (κ1) is 12.4. The molecule has 96 valence electrons. The highest BCUT2D eigenvalue weighted by molar-refractivity contribution is 9.10. The third kappa shape index (κ3) is 1.95. The molecule has 0 unspecified atom stereocenters. The van der Waals surface area contributed by atoms with Crippen molar-refractivity contribution in [3.8, 4) is 11.1 Å². The van der Waals surface area contributed by atoms with Crippen LogP contribution in [-0.4, -0.2) is 17.5 Å². The molecule has 0 saturated carbocycles. The lowest BCUT2D eigenvalue weighted by Crippen LogP contribution is -1.83. The molecular formula is C16H11BrOSi2. The molecule has 0 amide bonds. The lowest BCUT2D eigenvalue weighted by molar-refractivity contribution is 0.733. The Kier molecular flexibility index (Phi) is 3.02. The third-order valence-corrected chi connectivity index (χ3v) is 7.45. The van der Waals surface area contributed by atoms with Gasteiger partial charge in [-0.1, -0.05) is 52.3 Å². The molecular weight excluding hydrogens is 344 g/mol. The summed E-state index contributed by atoms with van der Waals surface area (Å²) in [5.41, 5.74) is 3.69. The Morgan fingerprint density at radius 1 is 0.850 bits per heavy atom. The second kappa shape index (κ2) is 4.88. The smallest absolute Gasteiger partial charge is 0.195 e. The molecule has 1 heterocycles. The zero-order chi connectivity index (χ0) is 13.5. The molecule has 1 aromatic heterocycles. The van der Waals surface area contributed by atoms with E-state index in [1.54, 1.807) is 0 Å². The molecule has 0 N–H and O–H groups in total. The summed E-state index contributed by atoms with van der Waals surface area (Å²) in [5.74, 6) is 0. The van der Waals surface area contributed by atoms with E-state index in [9.17, 15) is 0 Å². The quantitative estimate of drug-likeness (QED) is 0.468. The van der Waals surface area contributed by atoms with Crippen LogP contribution in [0.3, 0.4) is 0 Å². The highest BCUT2D eigenvalue weighted by Crippen LogP contribution is 2.32. The molecule has 4 rings (SSSR count). The molecule has 0 spiro atoms. The summed E-state index contributed by atoms with van der Waals surface area (Å²) in [7, 11) is 0.503. The molecule has 0 aliphatic carbocycles. The molecule has 4 aromatic rings. The Morgan fingerprint density at radius 2 is 1.70 bits per heavy atom. The Morgan fingerprint density at radius 3 is 2.55 bits per heavy atom. The molecule has 20 heavy (non-hydrogen) atoms. The number of fused-ring (bicyclic) bond motifs is 3. The predicted octanol–water partition coefficient (Wildman–Crippen LogP) is 4.16. The van der Waals surface area contributed by atoms with Gasteiger partial charge in [0, 0.05) is 9.47 Å². The number of halogens is 1. The highest BCUT2D eigenvalue weighted by atomic mass is 79.9. The number of rotatable bonds is 1. The van der Waals surface area contributed by atoms with Gasteiger partial charge in [-0.25, -0.2) is 0 Å². The van der Waals surface area contributed by atoms with Gasteiger partial charge in [0.2, 0.25) is 0 Å². The van der Waals surface area contributed by atoms with Crippen LogP contribution < -0.4 is 0 Å². The van der Waals surface area contributed by atoms with Crippen molar-refractivity contribution in [2.45, 2.75) is 0 Å². The summed E-state index contributed by atoms with van der Waals surface area (Å²) in [6, 6.07) is 19.5. The standard InChI is InChI=1S/C16H11BrOSi2/c17-11-6-4-10(5-7-11)12-2-1-3-14-13(12)8-9-15-16(14)19-20-18-15/h1-9,19-20H. The average molecular weight is 355 g/mol. The molecule has 0 atom stereocenters. The van der Waals surface area contributed by atoms with Crippen molar-refractivity contribution in [1.29, 1.82) is 0 Å². The third-order valence-electron chi connectivity index (χ3n) is 3.65. The second-order valence-electron chi connectivity index (χ2n) is 4.81. The van der Waals surface area contributed by atoms with Crippen molar-refractivity contribution in [1.82, 2.24) is 0 Å². The fraction of sp³-hybridized carbons (Fsp3) is 0. The van der Waals surface area contributed by atoms with Gasteiger partial charge in [0.1, 0.15) is 5.58 Å². The van der Waals surface area contributed by atoms with E-state index in [-0.39, 0.29) is 8.88 Å². The molecule has 0 aliphatic rings.